The Balaban J connectivity index is 2.85. The van der Waals surface area contributed by atoms with Gasteiger partial charge in [-0.3, -0.25) is 0 Å². The second kappa shape index (κ2) is 2.93. The SMILES string of the molecule is O[C@@H]1C(Cl)=CC(Cl)=C[C@@H]1O. The molecule has 0 amide bonds. The summed E-state index contributed by atoms with van der Waals surface area (Å²) in [5.74, 6) is 0. The molecule has 0 radical (unpaired) electrons. The number of halogens is 2. The topological polar surface area (TPSA) is 40.5 Å². The van der Waals surface area contributed by atoms with Crippen LogP contribution in [0.15, 0.2) is 22.2 Å². The Labute approximate surface area is 68.4 Å². The van der Waals surface area contributed by atoms with E-state index >= 15 is 0 Å². The molecule has 0 unspecified atom stereocenters. The van der Waals surface area contributed by atoms with Crippen molar-refractivity contribution in [3.8, 4) is 0 Å². The van der Waals surface area contributed by atoms with Gasteiger partial charge in [-0.25, -0.2) is 0 Å². The lowest BCUT2D eigenvalue weighted by Gasteiger charge is -2.17. The Morgan fingerprint density at radius 1 is 1.30 bits per heavy atom. The van der Waals surface area contributed by atoms with Gasteiger partial charge in [-0.1, -0.05) is 23.2 Å². The molecule has 0 bridgehead atoms. The summed E-state index contributed by atoms with van der Waals surface area (Å²) in [4.78, 5) is 0. The van der Waals surface area contributed by atoms with E-state index < -0.39 is 12.2 Å². The number of rotatable bonds is 0. The standard InChI is InChI=1S/C6H6Cl2O2/c7-3-1-4(8)6(10)5(9)2-3/h1-2,5-6,9-10H/t5-,6+/m0/s1. The summed E-state index contributed by atoms with van der Waals surface area (Å²) in [6, 6.07) is 0. The first-order chi connectivity index (χ1) is 4.61. The summed E-state index contributed by atoms with van der Waals surface area (Å²) in [5.41, 5.74) is 0. The van der Waals surface area contributed by atoms with Gasteiger partial charge in [-0.15, -0.1) is 0 Å². The Hall–Kier alpha value is -0.0200. The zero-order valence-corrected chi connectivity index (χ0v) is 6.47. The van der Waals surface area contributed by atoms with Gasteiger partial charge in [0.15, 0.2) is 0 Å². The molecule has 0 aromatic carbocycles. The molecule has 1 aliphatic carbocycles. The molecule has 0 saturated carbocycles. The van der Waals surface area contributed by atoms with Gasteiger partial charge in [0.05, 0.1) is 5.03 Å². The van der Waals surface area contributed by atoms with Crippen LogP contribution in [0.1, 0.15) is 0 Å². The minimum atomic E-state index is -1.02. The Morgan fingerprint density at radius 3 is 2.40 bits per heavy atom. The maximum atomic E-state index is 9.01. The van der Waals surface area contributed by atoms with Gasteiger partial charge in [0.2, 0.25) is 0 Å². The quantitative estimate of drug-likeness (QED) is 0.584. The number of aliphatic hydroxyl groups excluding tert-OH is 2. The summed E-state index contributed by atoms with van der Waals surface area (Å²) in [5, 5.41) is 18.5. The van der Waals surface area contributed by atoms with Gasteiger partial charge in [0.25, 0.3) is 0 Å². The summed E-state index contributed by atoms with van der Waals surface area (Å²) in [7, 11) is 0. The van der Waals surface area contributed by atoms with Gasteiger partial charge in [-0.2, -0.15) is 0 Å². The van der Waals surface area contributed by atoms with Crippen LogP contribution in [0.25, 0.3) is 0 Å². The van der Waals surface area contributed by atoms with Crippen LogP contribution in [0.4, 0.5) is 0 Å². The highest BCUT2D eigenvalue weighted by molar-refractivity contribution is 6.35. The Morgan fingerprint density at radius 2 is 1.90 bits per heavy atom. The van der Waals surface area contributed by atoms with Crippen molar-refractivity contribution in [2.24, 2.45) is 0 Å². The highest BCUT2D eigenvalue weighted by atomic mass is 35.5. The fourth-order valence-electron chi connectivity index (χ4n) is 0.683. The lowest BCUT2D eigenvalue weighted by Crippen LogP contribution is -2.26. The predicted molar refractivity (Wildman–Crippen MR) is 39.9 cm³/mol. The second-order valence-corrected chi connectivity index (χ2v) is 2.89. The molecule has 56 valence electrons. The normalized spacial score (nSPS) is 33.2. The largest absolute Gasteiger partial charge is 0.386 e. The molecular formula is C6H6Cl2O2. The van der Waals surface area contributed by atoms with Crippen molar-refractivity contribution in [2.45, 2.75) is 12.2 Å². The van der Waals surface area contributed by atoms with Crippen molar-refractivity contribution in [1.29, 1.82) is 0 Å². The fraction of sp³-hybridized carbons (Fsp3) is 0.333. The third-order valence-corrected chi connectivity index (χ3v) is 1.78. The van der Waals surface area contributed by atoms with E-state index in [1.165, 1.54) is 12.2 Å². The number of aliphatic hydroxyl groups is 2. The van der Waals surface area contributed by atoms with E-state index in [0.29, 0.717) is 5.03 Å². The molecule has 0 aromatic heterocycles. The van der Waals surface area contributed by atoms with E-state index in [-0.39, 0.29) is 5.03 Å². The fourth-order valence-corrected chi connectivity index (χ4v) is 1.23. The molecule has 0 spiro atoms. The summed E-state index contributed by atoms with van der Waals surface area (Å²) >= 11 is 11.0. The summed E-state index contributed by atoms with van der Waals surface area (Å²) in [6.45, 7) is 0. The van der Waals surface area contributed by atoms with Crippen molar-refractivity contribution >= 4 is 23.2 Å². The molecule has 4 heteroatoms. The highest BCUT2D eigenvalue weighted by Crippen LogP contribution is 2.23. The van der Waals surface area contributed by atoms with Crippen LogP contribution in [0, 0.1) is 0 Å². The Kier molecular flexibility index (Phi) is 2.36. The molecule has 0 fully saturated rings. The first kappa shape index (κ1) is 8.08. The first-order valence-corrected chi connectivity index (χ1v) is 3.47. The van der Waals surface area contributed by atoms with Gasteiger partial charge >= 0.3 is 0 Å². The number of allylic oxidation sites excluding steroid dienone is 2. The van der Waals surface area contributed by atoms with Crippen LogP contribution in [-0.4, -0.2) is 22.4 Å². The lowest BCUT2D eigenvalue weighted by molar-refractivity contribution is 0.0761. The van der Waals surface area contributed by atoms with E-state index in [1.807, 2.05) is 0 Å². The number of hydrogen-bond acceptors (Lipinski definition) is 2. The average molecular weight is 181 g/mol. The molecule has 0 aromatic rings. The van der Waals surface area contributed by atoms with Crippen LogP contribution in [0.5, 0.6) is 0 Å². The van der Waals surface area contributed by atoms with E-state index in [0.717, 1.165) is 0 Å². The van der Waals surface area contributed by atoms with Gasteiger partial charge in [-0.05, 0) is 12.2 Å². The molecular weight excluding hydrogens is 175 g/mol. The van der Waals surface area contributed by atoms with E-state index in [4.69, 9.17) is 33.4 Å². The van der Waals surface area contributed by atoms with E-state index in [1.54, 1.807) is 0 Å². The van der Waals surface area contributed by atoms with Crippen LogP contribution < -0.4 is 0 Å². The monoisotopic (exact) mass is 180 g/mol. The number of hydrogen-bond donors (Lipinski definition) is 2. The molecule has 2 nitrogen and oxygen atoms in total. The average Bonchev–Trinajstić information content (AvgIpc) is 1.82. The van der Waals surface area contributed by atoms with Crippen molar-refractivity contribution in [2.75, 3.05) is 0 Å². The molecule has 1 rings (SSSR count). The third kappa shape index (κ3) is 1.52. The summed E-state index contributed by atoms with van der Waals surface area (Å²) in [6.07, 6.45) is 0.729. The zero-order valence-electron chi connectivity index (χ0n) is 4.96. The van der Waals surface area contributed by atoms with Crippen LogP contribution in [0.3, 0.4) is 0 Å². The van der Waals surface area contributed by atoms with E-state index in [2.05, 4.69) is 0 Å². The van der Waals surface area contributed by atoms with E-state index in [9.17, 15) is 0 Å². The second-order valence-electron chi connectivity index (χ2n) is 2.02. The molecule has 10 heavy (non-hydrogen) atoms. The van der Waals surface area contributed by atoms with Gasteiger partial charge < -0.3 is 10.2 Å². The predicted octanol–water partition coefficient (Wildman–Crippen LogP) is 0.967. The zero-order chi connectivity index (χ0) is 7.72. The minimum absolute atomic E-state index is 0.167. The molecule has 1 aliphatic rings. The molecule has 2 atom stereocenters. The molecule has 2 N–H and O–H groups in total. The minimum Gasteiger partial charge on any atom is -0.386 e. The molecule has 0 heterocycles. The van der Waals surface area contributed by atoms with Crippen molar-refractivity contribution in [1.82, 2.24) is 0 Å². The van der Waals surface area contributed by atoms with Crippen LogP contribution in [0.2, 0.25) is 0 Å². The van der Waals surface area contributed by atoms with Gasteiger partial charge in [0, 0.05) is 5.03 Å². The maximum absolute atomic E-state index is 9.01. The van der Waals surface area contributed by atoms with Gasteiger partial charge in [0.1, 0.15) is 12.2 Å². The van der Waals surface area contributed by atoms with Crippen LogP contribution in [-0.2, 0) is 0 Å². The Bertz CT molecular complexity index is 198. The van der Waals surface area contributed by atoms with Crippen molar-refractivity contribution in [3.05, 3.63) is 22.2 Å². The van der Waals surface area contributed by atoms with Crippen molar-refractivity contribution < 1.29 is 10.2 Å². The molecule has 0 aliphatic heterocycles. The molecule has 0 saturated heterocycles. The third-order valence-electron chi connectivity index (χ3n) is 1.21. The van der Waals surface area contributed by atoms with Crippen molar-refractivity contribution in [3.63, 3.8) is 0 Å². The van der Waals surface area contributed by atoms with Crippen LogP contribution >= 0.6 is 23.2 Å². The highest BCUT2D eigenvalue weighted by Gasteiger charge is 2.21. The first-order valence-electron chi connectivity index (χ1n) is 2.72. The lowest BCUT2D eigenvalue weighted by atomic mass is 10.1. The summed E-state index contributed by atoms with van der Waals surface area (Å²) < 4.78 is 0. The maximum Gasteiger partial charge on any atom is 0.119 e. The smallest absolute Gasteiger partial charge is 0.119 e.